The van der Waals surface area contributed by atoms with E-state index >= 15 is 0 Å². The van der Waals surface area contributed by atoms with Crippen LogP contribution in [0.2, 0.25) is 0 Å². The molecule has 182 valence electrons. The van der Waals surface area contributed by atoms with E-state index in [4.69, 9.17) is 4.74 Å². The lowest BCUT2D eigenvalue weighted by molar-refractivity contribution is -0.196. The summed E-state index contributed by atoms with van der Waals surface area (Å²) in [5.41, 5.74) is -6.00. The van der Waals surface area contributed by atoms with Crippen LogP contribution in [-0.4, -0.2) is 34.7 Å². The third-order valence-electron chi connectivity index (χ3n) is 5.87. The van der Waals surface area contributed by atoms with Crippen molar-refractivity contribution < 1.29 is 27.5 Å². The topological polar surface area (TPSA) is 122 Å². The SMILES string of the molecule is COc1cccc(C(=O)N[C@@]2(C(F)(F)F)C(=O)Nc3c2c(=O)[nH]c(=O)n3-c2ccc(C)c(C)c2)c1. The number of hydrogen-bond donors (Lipinski definition) is 3. The number of ether oxygens (including phenoxy) is 1. The molecule has 1 aliphatic heterocycles. The van der Waals surface area contributed by atoms with E-state index in [0.29, 0.717) is 5.56 Å². The molecule has 12 heteroatoms. The molecule has 1 aliphatic rings. The third-order valence-corrected chi connectivity index (χ3v) is 5.87. The summed E-state index contributed by atoms with van der Waals surface area (Å²) in [6.45, 7) is 3.52. The number of amides is 2. The van der Waals surface area contributed by atoms with Crippen LogP contribution in [-0.2, 0) is 10.3 Å². The van der Waals surface area contributed by atoms with Gasteiger partial charge in [-0.1, -0.05) is 12.1 Å². The molecule has 2 amide bonds. The van der Waals surface area contributed by atoms with Crippen LogP contribution in [0.3, 0.4) is 0 Å². The summed E-state index contributed by atoms with van der Waals surface area (Å²) in [4.78, 5) is 53.0. The highest BCUT2D eigenvalue weighted by Gasteiger charge is 2.68. The van der Waals surface area contributed by atoms with Crippen LogP contribution in [0.15, 0.2) is 52.1 Å². The van der Waals surface area contributed by atoms with E-state index in [0.717, 1.165) is 10.1 Å². The van der Waals surface area contributed by atoms with Crippen LogP contribution in [0, 0.1) is 13.8 Å². The molecule has 1 atom stereocenters. The van der Waals surface area contributed by atoms with Gasteiger partial charge in [0.2, 0.25) is 0 Å². The molecule has 4 rings (SSSR count). The highest BCUT2D eigenvalue weighted by Crippen LogP contribution is 2.45. The van der Waals surface area contributed by atoms with Crippen LogP contribution in [0.25, 0.3) is 5.69 Å². The van der Waals surface area contributed by atoms with E-state index in [1.165, 1.54) is 43.5 Å². The van der Waals surface area contributed by atoms with Gasteiger partial charge in [0.25, 0.3) is 22.9 Å². The number of nitrogens with one attached hydrogen (secondary N) is 3. The van der Waals surface area contributed by atoms with Crippen molar-refractivity contribution in [1.82, 2.24) is 14.9 Å². The van der Waals surface area contributed by atoms with Gasteiger partial charge in [-0.05, 0) is 55.3 Å². The first-order chi connectivity index (χ1) is 16.4. The molecular weight excluding hydrogens is 469 g/mol. The Labute approximate surface area is 195 Å². The minimum atomic E-state index is -5.45. The fraction of sp³-hybridized carbons (Fsp3) is 0.217. The first kappa shape index (κ1) is 23.8. The number of aromatic nitrogens is 2. The summed E-state index contributed by atoms with van der Waals surface area (Å²) in [7, 11) is 1.31. The van der Waals surface area contributed by atoms with Gasteiger partial charge in [0.05, 0.1) is 12.8 Å². The average molecular weight is 488 g/mol. The molecule has 0 aliphatic carbocycles. The predicted octanol–water partition coefficient (Wildman–Crippen LogP) is 2.29. The largest absolute Gasteiger partial charge is 0.497 e. The van der Waals surface area contributed by atoms with Gasteiger partial charge in [-0.2, -0.15) is 13.2 Å². The highest BCUT2D eigenvalue weighted by molar-refractivity contribution is 6.09. The zero-order chi connectivity index (χ0) is 25.7. The van der Waals surface area contributed by atoms with Crippen LogP contribution < -0.4 is 26.6 Å². The third kappa shape index (κ3) is 3.66. The second-order valence-corrected chi connectivity index (χ2v) is 7.97. The lowest BCUT2D eigenvalue weighted by Crippen LogP contribution is -2.62. The zero-order valence-corrected chi connectivity index (χ0v) is 18.7. The molecule has 0 radical (unpaired) electrons. The lowest BCUT2D eigenvalue weighted by atomic mass is 9.91. The summed E-state index contributed by atoms with van der Waals surface area (Å²) in [5, 5.41) is 3.70. The second-order valence-electron chi connectivity index (χ2n) is 7.97. The van der Waals surface area contributed by atoms with Gasteiger partial charge < -0.3 is 15.4 Å². The van der Waals surface area contributed by atoms with E-state index in [2.05, 4.69) is 0 Å². The summed E-state index contributed by atoms with van der Waals surface area (Å²) < 4.78 is 49.4. The maximum absolute atomic E-state index is 14.6. The van der Waals surface area contributed by atoms with Gasteiger partial charge >= 0.3 is 11.9 Å². The molecule has 0 unspecified atom stereocenters. The molecule has 9 nitrogen and oxygen atoms in total. The number of hydrogen-bond acceptors (Lipinski definition) is 5. The van der Waals surface area contributed by atoms with Crippen molar-refractivity contribution in [2.75, 3.05) is 12.4 Å². The van der Waals surface area contributed by atoms with Gasteiger partial charge in [-0.25, -0.2) is 9.36 Å². The highest BCUT2D eigenvalue weighted by atomic mass is 19.4. The molecule has 35 heavy (non-hydrogen) atoms. The molecule has 0 spiro atoms. The quantitative estimate of drug-likeness (QED) is 0.520. The normalized spacial score (nSPS) is 17.0. The Hall–Kier alpha value is -4.35. The Morgan fingerprint density at radius 1 is 1.06 bits per heavy atom. The van der Waals surface area contributed by atoms with Gasteiger partial charge in [-0.3, -0.25) is 19.4 Å². The number of aromatic amines is 1. The molecule has 1 aromatic heterocycles. The number of alkyl halides is 3. The van der Waals surface area contributed by atoms with Crippen LogP contribution >= 0.6 is 0 Å². The Kier molecular flexibility index (Phi) is 5.54. The van der Waals surface area contributed by atoms with Crippen molar-refractivity contribution in [1.29, 1.82) is 0 Å². The fourth-order valence-electron chi connectivity index (χ4n) is 3.90. The summed E-state index contributed by atoms with van der Waals surface area (Å²) in [5.74, 6) is -3.51. The molecule has 0 bridgehead atoms. The average Bonchev–Trinajstić information content (AvgIpc) is 3.09. The molecule has 3 N–H and O–H groups in total. The number of carbonyl (C=O) groups excluding carboxylic acids is 2. The van der Waals surface area contributed by atoms with Gasteiger partial charge in [0.15, 0.2) is 0 Å². The number of fused-ring (bicyclic) bond motifs is 1. The predicted molar refractivity (Wildman–Crippen MR) is 119 cm³/mol. The Balaban J connectivity index is 1.96. The molecule has 0 fully saturated rings. The van der Waals surface area contributed by atoms with Crippen molar-refractivity contribution in [3.8, 4) is 11.4 Å². The number of anilines is 1. The molecule has 3 aromatic rings. The zero-order valence-electron chi connectivity index (χ0n) is 18.7. The Bertz CT molecular complexity index is 1490. The monoisotopic (exact) mass is 488 g/mol. The first-order valence-electron chi connectivity index (χ1n) is 10.2. The summed E-state index contributed by atoms with van der Waals surface area (Å²) in [6.07, 6.45) is -5.45. The smallest absolute Gasteiger partial charge is 0.425 e. The number of halogens is 3. The van der Waals surface area contributed by atoms with Crippen molar-refractivity contribution in [3.63, 3.8) is 0 Å². The second kappa shape index (κ2) is 8.15. The summed E-state index contributed by atoms with van der Waals surface area (Å²) >= 11 is 0. The van der Waals surface area contributed by atoms with Gasteiger partial charge in [0, 0.05) is 5.56 Å². The fourth-order valence-corrected chi connectivity index (χ4v) is 3.90. The number of H-pyrrole nitrogens is 1. The van der Waals surface area contributed by atoms with E-state index < -0.39 is 46.2 Å². The standard InChI is InChI=1S/C23H19F3N4O5/c1-11-7-8-14(9-12(11)2)30-17-16(19(32)28-21(30)34)22(20(33)27-17,23(24,25)26)29-18(31)13-5-4-6-15(10-13)35-3/h4-10H,1-3H3,(H,27,33)(H,29,31)(H,28,32,34)/t22-/m1/s1. The molecule has 0 saturated carbocycles. The Morgan fingerprint density at radius 2 is 1.77 bits per heavy atom. The van der Waals surface area contributed by atoms with Crippen LogP contribution in [0.1, 0.15) is 27.0 Å². The maximum Gasteiger partial charge on any atom is 0.425 e. The number of methoxy groups -OCH3 is 1. The number of benzene rings is 2. The Morgan fingerprint density at radius 3 is 2.40 bits per heavy atom. The molecule has 0 saturated heterocycles. The molecular formula is C23H19F3N4O5. The van der Waals surface area contributed by atoms with E-state index in [-0.39, 0.29) is 17.0 Å². The number of aryl methyl sites for hydroxylation is 2. The minimum Gasteiger partial charge on any atom is -0.497 e. The first-order valence-corrected chi connectivity index (χ1v) is 10.2. The van der Waals surface area contributed by atoms with E-state index in [1.807, 2.05) is 10.3 Å². The van der Waals surface area contributed by atoms with Crippen LogP contribution in [0.5, 0.6) is 5.75 Å². The van der Waals surface area contributed by atoms with E-state index in [9.17, 15) is 32.3 Å². The van der Waals surface area contributed by atoms with Crippen molar-refractivity contribution in [2.24, 2.45) is 0 Å². The van der Waals surface area contributed by atoms with Crippen LogP contribution in [0.4, 0.5) is 19.0 Å². The minimum absolute atomic E-state index is 0.114. The van der Waals surface area contributed by atoms with Crippen molar-refractivity contribution in [2.45, 2.75) is 25.6 Å². The van der Waals surface area contributed by atoms with Crippen molar-refractivity contribution >= 4 is 17.6 Å². The van der Waals surface area contributed by atoms with Gasteiger partial charge in [-0.15, -0.1) is 0 Å². The number of rotatable bonds is 4. The number of nitrogens with zero attached hydrogens (tertiary/aromatic N) is 1. The lowest BCUT2D eigenvalue weighted by Gasteiger charge is -2.30. The summed E-state index contributed by atoms with van der Waals surface area (Å²) in [6, 6.07) is 9.85. The van der Waals surface area contributed by atoms with Crippen molar-refractivity contribution in [3.05, 3.63) is 85.6 Å². The number of carbonyl (C=O) groups is 2. The van der Waals surface area contributed by atoms with E-state index in [1.54, 1.807) is 25.2 Å². The maximum atomic E-state index is 14.6. The molecule has 2 aromatic carbocycles. The van der Waals surface area contributed by atoms with Gasteiger partial charge in [0.1, 0.15) is 17.1 Å². The molecule has 2 heterocycles.